The Morgan fingerprint density at radius 3 is 2.62 bits per heavy atom. The molecule has 9 heteroatoms. The zero-order valence-electron chi connectivity index (χ0n) is 23.1. The summed E-state index contributed by atoms with van der Waals surface area (Å²) >= 11 is 0. The van der Waals surface area contributed by atoms with Gasteiger partial charge in [0.1, 0.15) is 17.6 Å². The van der Waals surface area contributed by atoms with Crippen LogP contribution in [0.1, 0.15) is 71.6 Å². The molecule has 3 heterocycles. The van der Waals surface area contributed by atoms with Crippen LogP contribution in [0.4, 0.5) is 0 Å². The summed E-state index contributed by atoms with van der Waals surface area (Å²) in [5.41, 5.74) is 4.59. The van der Waals surface area contributed by atoms with E-state index in [4.69, 9.17) is 9.15 Å². The lowest BCUT2D eigenvalue weighted by Crippen LogP contribution is -2.35. The maximum absolute atomic E-state index is 13.9. The van der Waals surface area contributed by atoms with E-state index in [0.29, 0.717) is 24.5 Å². The monoisotopic (exact) mass is 538 g/mol. The Bertz CT molecular complexity index is 1650. The Hall–Kier alpha value is -4.24. The zero-order chi connectivity index (χ0) is 27.6. The van der Waals surface area contributed by atoms with E-state index in [1.807, 2.05) is 54.1 Å². The van der Waals surface area contributed by atoms with Gasteiger partial charge >= 0.3 is 0 Å². The molecule has 1 N–H and O–H groups in total. The molecule has 1 saturated carbocycles. The highest BCUT2D eigenvalue weighted by Gasteiger charge is 2.34. The van der Waals surface area contributed by atoms with Crippen molar-refractivity contribution in [3.05, 3.63) is 105 Å². The quantitative estimate of drug-likeness (QED) is 0.259. The molecule has 1 fully saturated rings. The Kier molecular flexibility index (Phi) is 7.21. The molecule has 0 spiro atoms. The van der Waals surface area contributed by atoms with E-state index in [9.17, 15) is 4.79 Å². The molecule has 0 saturated heterocycles. The number of hydrogen-bond acceptors (Lipinski definition) is 7. The minimum atomic E-state index is -0.516. The third-order valence-electron chi connectivity index (χ3n) is 8.16. The first-order valence-corrected chi connectivity index (χ1v) is 13.8. The molecular weight excluding hydrogens is 504 g/mol. The Morgan fingerprint density at radius 2 is 1.90 bits per heavy atom. The van der Waals surface area contributed by atoms with E-state index in [0.717, 1.165) is 64.8 Å². The predicted octanol–water partition coefficient (Wildman–Crippen LogP) is 5.64. The van der Waals surface area contributed by atoms with Gasteiger partial charge in [0.2, 0.25) is 0 Å². The number of ether oxygens (including phenoxy) is 1. The van der Waals surface area contributed by atoms with Gasteiger partial charge in [-0.1, -0.05) is 37.1 Å². The van der Waals surface area contributed by atoms with Crippen molar-refractivity contribution in [2.45, 2.75) is 64.7 Å². The first kappa shape index (κ1) is 26.0. The van der Waals surface area contributed by atoms with Crippen molar-refractivity contribution < 1.29 is 9.15 Å². The molecule has 0 aliphatic heterocycles. The fourth-order valence-electron chi connectivity index (χ4n) is 5.84. The first-order chi connectivity index (χ1) is 19.5. The molecule has 9 nitrogen and oxygen atoms in total. The number of pyridine rings is 1. The van der Waals surface area contributed by atoms with Crippen LogP contribution >= 0.6 is 0 Å². The number of nitrogens with zero attached hydrogens (tertiary/aromatic N) is 5. The maximum atomic E-state index is 13.9. The number of methoxy groups -OCH3 is 1. The molecule has 206 valence electrons. The molecule has 2 aromatic carbocycles. The second-order valence-electron chi connectivity index (χ2n) is 10.7. The van der Waals surface area contributed by atoms with Gasteiger partial charge in [-0.3, -0.25) is 9.69 Å². The number of aromatic nitrogens is 5. The lowest BCUT2D eigenvalue weighted by molar-refractivity contribution is 0.176. The summed E-state index contributed by atoms with van der Waals surface area (Å²) < 4.78 is 13.1. The number of nitrogens with one attached hydrogen (secondary N) is 1. The van der Waals surface area contributed by atoms with Crippen LogP contribution in [0.2, 0.25) is 0 Å². The van der Waals surface area contributed by atoms with Crippen LogP contribution in [0.15, 0.2) is 70.1 Å². The number of rotatable bonds is 9. The number of tetrazole rings is 1. The molecule has 5 aromatic rings. The molecule has 0 amide bonds. The highest BCUT2D eigenvalue weighted by molar-refractivity contribution is 5.83. The van der Waals surface area contributed by atoms with E-state index < -0.39 is 6.04 Å². The molecule has 1 aliphatic carbocycles. The Labute approximate surface area is 232 Å². The molecule has 0 unspecified atom stereocenters. The van der Waals surface area contributed by atoms with Crippen LogP contribution in [0, 0.1) is 13.8 Å². The molecule has 40 heavy (non-hydrogen) atoms. The fraction of sp³-hybridized carbons (Fsp3) is 0.355. The summed E-state index contributed by atoms with van der Waals surface area (Å²) in [6.07, 6.45) is 6.01. The van der Waals surface area contributed by atoms with Crippen molar-refractivity contribution in [1.82, 2.24) is 30.1 Å². The van der Waals surface area contributed by atoms with Crippen molar-refractivity contribution in [1.29, 1.82) is 0 Å². The van der Waals surface area contributed by atoms with Crippen LogP contribution in [0.25, 0.3) is 10.9 Å². The van der Waals surface area contributed by atoms with Gasteiger partial charge in [-0.05, 0) is 89.5 Å². The third kappa shape index (κ3) is 5.04. The van der Waals surface area contributed by atoms with E-state index in [1.54, 1.807) is 13.4 Å². The molecule has 0 radical (unpaired) electrons. The van der Waals surface area contributed by atoms with Crippen molar-refractivity contribution in [3.63, 3.8) is 0 Å². The van der Waals surface area contributed by atoms with Crippen LogP contribution < -0.4 is 10.3 Å². The van der Waals surface area contributed by atoms with Gasteiger partial charge in [0.25, 0.3) is 5.56 Å². The number of hydrogen-bond donors (Lipinski definition) is 1. The number of furan rings is 1. The van der Waals surface area contributed by atoms with Crippen molar-refractivity contribution in [2.75, 3.05) is 7.11 Å². The van der Waals surface area contributed by atoms with E-state index in [2.05, 4.69) is 44.5 Å². The fourth-order valence-corrected chi connectivity index (χ4v) is 5.84. The van der Waals surface area contributed by atoms with E-state index in [-0.39, 0.29) is 11.6 Å². The molecule has 3 aromatic heterocycles. The number of fused-ring (bicyclic) bond motifs is 1. The summed E-state index contributed by atoms with van der Waals surface area (Å²) in [5, 5.41) is 14.1. The van der Waals surface area contributed by atoms with Gasteiger partial charge in [-0.25, -0.2) is 4.68 Å². The topological polar surface area (TPSA) is 102 Å². The minimum absolute atomic E-state index is 0.147. The van der Waals surface area contributed by atoms with Gasteiger partial charge in [0.05, 0.1) is 31.5 Å². The first-order valence-electron chi connectivity index (χ1n) is 13.8. The average Bonchev–Trinajstić information content (AvgIpc) is 3.76. The van der Waals surface area contributed by atoms with Gasteiger partial charge < -0.3 is 14.1 Å². The summed E-state index contributed by atoms with van der Waals surface area (Å²) in [7, 11) is 1.66. The molecule has 1 atom stereocenters. The molecule has 1 aliphatic rings. The highest BCUT2D eigenvalue weighted by Crippen LogP contribution is 2.35. The third-order valence-corrected chi connectivity index (χ3v) is 8.16. The van der Waals surface area contributed by atoms with Gasteiger partial charge in [0.15, 0.2) is 5.82 Å². The van der Waals surface area contributed by atoms with Gasteiger partial charge in [0, 0.05) is 12.1 Å². The lowest BCUT2D eigenvalue weighted by Gasteiger charge is -2.31. The smallest absolute Gasteiger partial charge is 0.253 e. The number of benzene rings is 2. The van der Waals surface area contributed by atoms with Crippen molar-refractivity contribution in [2.24, 2.45) is 0 Å². The van der Waals surface area contributed by atoms with Gasteiger partial charge in [-0.2, -0.15) is 0 Å². The molecule has 0 bridgehead atoms. The SMILES string of the molecule is COc1ccc(CN(Cc2ccco2)[C@H](c2cc3ccc(C)c(C)c3[nH]c2=O)c2nnnn2C2CCCC2)cc1. The standard InChI is InChI=1S/C31H34N6O3/c1-20-10-13-23-17-27(31(38)32-28(23)21(20)2)29(30-33-34-35-37(30)24-7-4-5-8-24)36(19-26-9-6-16-40-26)18-22-11-14-25(39-3)15-12-22/h6,9-17,24,29H,4-5,7-8,18-19H2,1-3H3,(H,32,38)/t29-/m1/s1. The second-order valence-corrected chi connectivity index (χ2v) is 10.7. The average molecular weight is 539 g/mol. The van der Waals surface area contributed by atoms with Crippen LogP contribution in [-0.4, -0.2) is 37.2 Å². The van der Waals surface area contributed by atoms with Crippen molar-refractivity contribution in [3.8, 4) is 5.75 Å². The van der Waals surface area contributed by atoms with Crippen LogP contribution in [0.5, 0.6) is 5.75 Å². The Balaban J connectivity index is 1.53. The summed E-state index contributed by atoms with van der Waals surface area (Å²) in [5.74, 6) is 2.25. The van der Waals surface area contributed by atoms with Crippen LogP contribution in [-0.2, 0) is 13.1 Å². The number of aryl methyl sites for hydroxylation is 2. The van der Waals surface area contributed by atoms with Crippen LogP contribution in [0.3, 0.4) is 0 Å². The molecule has 6 rings (SSSR count). The number of aromatic amines is 1. The maximum Gasteiger partial charge on any atom is 0.253 e. The highest BCUT2D eigenvalue weighted by atomic mass is 16.5. The van der Waals surface area contributed by atoms with Gasteiger partial charge in [-0.15, -0.1) is 5.10 Å². The Morgan fingerprint density at radius 1 is 1.10 bits per heavy atom. The zero-order valence-corrected chi connectivity index (χ0v) is 23.1. The summed E-state index contributed by atoms with van der Waals surface area (Å²) in [4.78, 5) is 19.3. The predicted molar refractivity (Wildman–Crippen MR) is 152 cm³/mol. The number of H-pyrrole nitrogens is 1. The minimum Gasteiger partial charge on any atom is -0.497 e. The van der Waals surface area contributed by atoms with E-state index >= 15 is 0 Å². The molecular formula is C31H34N6O3. The van der Waals surface area contributed by atoms with Crippen molar-refractivity contribution >= 4 is 10.9 Å². The second kappa shape index (κ2) is 11.1. The lowest BCUT2D eigenvalue weighted by atomic mass is 9.99. The normalized spacial score (nSPS) is 14.8. The van der Waals surface area contributed by atoms with E-state index in [1.165, 1.54) is 0 Å². The largest absolute Gasteiger partial charge is 0.497 e. The summed E-state index contributed by atoms with van der Waals surface area (Å²) in [6, 6.07) is 17.7. The summed E-state index contributed by atoms with van der Waals surface area (Å²) in [6.45, 7) is 5.10.